The van der Waals surface area contributed by atoms with E-state index in [2.05, 4.69) is 9.97 Å². The van der Waals surface area contributed by atoms with Gasteiger partial charge in [0, 0.05) is 31.7 Å². The number of benzene rings is 2. The van der Waals surface area contributed by atoms with E-state index in [4.69, 9.17) is 9.47 Å². The zero-order chi connectivity index (χ0) is 23.3. The molecule has 8 nitrogen and oxygen atoms in total. The van der Waals surface area contributed by atoms with Crippen molar-refractivity contribution < 1.29 is 19.1 Å². The van der Waals surface area contributed by atoms with Crippen molar-refractivity contribution in [3.05, 3.63) is 59.9 Å². The van der Waals surface area contributed by atoms with E-state index in [1.54, 1.807) is 11.0 Å². The van der Waals surface area contributed by atoms with Crippen molar-refractivity contribution in [2.75, 3.05) is 46.0 Å². The predicted molar refractivity (Wildman–Crippen MR) is 129 cm³/mol. The quantitative estimate of drug-likeness (QED) is 0.572. The maximum absolute atomic E-state index is 13.6. The summed E-state index contributed by atoms with van der Waals surface area (Å²) in [4.78, 5) is 37.6. The number of hydrogen-bond acceptors (Lipinski definition) is 5. The Morgan fingerprint density at radius 1 is 0.971 bits per heavy atom. The summed E-state index contributed by atoms with van der Waals surface area (Å²) < 4.78 is 11.3. The van der Waals surface area contributed by atoms with Crippen LogP contribution >= 0.6 is 0 Å². The second kappa shape index (κ2) is 10.1. The number of likely N-dealkylation sites (tertiary alicyclic amines) is 1. The summed E-state index contributed by atoms with van der Waals surface area (Å²) in [7, 11) is 0. The van der Waals surface area contributed by atoms with Gasteiger partial charge in [-0.15, -0.1) is 0 Å². The van der Waals surface area contributed by atoms with E-state index in [1.165, 1.54) is 0 Å². The summed E-state index contributed by atoms with van der Waals surface area (Å²) in [6.07, 6.45) is 3.87. The first kappa shape index (κ1) is 22.2. The number of ether oxygens (including phenoxy) is 2. The predicted octanol–water partition coefficient (Wildman–Crippen LogP) is 2.96. The van der Waals surface area contributed by atoms with Crippen molar-refractivity contribution in [2.24, 2.45) is 0 Å². The lowest BCUT2D eigenvalue weighted by Gasteiger charge is -2.27. The smallest absolute Gasteiger partial charge is 0.260 e. The number of aromatic amines is 1. The fourth-order valence-corrected chi connectivity index (χ4v) is 4.33. The highest BCUT2D eigenvalue weighted by Gasteiger charge is 2.25. The van der Waals surface area contributed by atoms with Crippen molar-refractivity contribution in [3.63, 3.8) is 0 Å². The molecule has 2 aliphatic rings. The Bertz CT molecular complexity index is 1170. The molecule has 0 aliphatic carbocycles. The Kier molecular flexibility index (Phi) is 6.58. The molecular formula is C26H28N4O4. The van der Waals surface area contributed by atoms with Gasteiger partial charge in [0.05, 0.1) is 29.8 Å². The third-order valence-electron chi connectivity index (χ3n) is 6.20. The molecule has 3 heterocycles. The van der Waals surface area contributed by atoms with Crippen molar-refractivity contribution >= 4 is 34.5 Å². The lowest BCUT2D eigenvalue weighted by molar-refractivity contribution is -0.132. The normalized spacial score (nSPS) is 16.8. The summed E-state index contributed by atoms with van der Waals surface area (Å²) in [6, 6.07) is 15.1. The second-order valence-corrected chi connectivity index (χ2v) is 8.48. The minimum Gasteiger partial charge on any atom is -0.483 e. The largest absolute Gasteiger partial charge is 0.483 e. The highest BCUT2D eigenvalue weighted by molar-refractivity contribution is 6.23. The molecule has 8 heteroatoms. The van der Waals surface area contributed by atoms with Crippen LogP contribution in [0.5, 0.6) is 5.75 Å². The molecule has 2 amide bonds. The monoisotopic (exact) mass is 460 g/mol. The van der Waals surface area contributed by atoms with Crippen LogP contribution < -0.4 is 4.74 Å². The van der Waals surface area contributed by atoms with Crippen LogP contribution in [0.1, 0.15) is 24.2 Å². The topological polar surface area (TPSA) is 87.8 Å². The van der Waals surface area contributed by atoms with E-state index in [0.717, 1.165) is 37.0 Å². The van der Waals surface area contributed by atoms with Crippen LogP contribution in [0.4, 0.5) is 0 Å². The number of amides is 2. The van der Waals surface area contributed by atoms with E-state index in [0.29, 0.717) is 49.0 Å². The first-order valence-corrected chi connectivity index (χ1v) is 11.7. The number of fused-ring (bicyclic) bond motifs is 1. The summed E-state index contributed by atoms with van der Waals surface area (Å²) >= 11 is 0. The summed E-state index contributed by atoms with van der Waals surface area (Å²) in [5, 5.41) is 0. The Hall–Kier alpha value is -3.65. The lowest BCUT2D eigenvalue weighted by atomic mass is 10.1. The molecule has 0 radical (unpaired) electrons. The number of nitrogens with one attached hydrogen (secondary N) is 1. The minimum absolute atomic E-state index is 0.0156. The highest BCUT2D eigenvalue weighted by atomic mass is 16.5. The van der Waals surface area contributed by atoms with Gasteiger partial charge in [0.25, 0.3) is 11.8 Å². The molecule has 2 aromatic carbocycles. The van der Waals surface area contributed by atoms with E-state index in [9.17, 15) is 9.59 Å². The van der Waals surface area contributed by atoms with Crippen LogP contribution in [0.3, 0.4) is 0 Å². The average molecular weight is 461 g/mol. The molecule has 5 rings (SSSR count). The van der Waals surface area contributed by atoms with E-state index in [-0.39, 0.29) is 18.4 Å². The zero-order valence-corrected chi connectivity index (χ0v) is 19.0. The van der Waals surface area contributed by atoms with Crippen LogP contribution in [0.25, 0.3) is 22.7 Å². The number of imidazole rings is 1. The first-order chi connectivity index (χ1) is 16.7. The molecule has 0 saturated carbocycles. The summed E-state index contributed by atoms with van der Waals surface area (Å²) in [5.41, 5.74) is 2.81. The van der Waals surface area contributed by atoms with Gasteiger partial charge < -0.3 is 24.3 Å². The van der Waals surface area contributed by atoms with Crippen LogP contribution in [-0.4, -0.2) is 77.6 Å². The van der Waals surface area contributed by atoms with E-state index in [1.807, 2.05) is 53.4 Å². The number of nitrogens with zero attached hydrogens (tertiary/aromatic N) is 3. The van der Waals surface area contributed by atoms with Crippen molar-refractivity contribution in [3.8, 4) is 5.75 Å². The number of rotatable bonds is 6. The zero-order valence-electron chi connectivity index (χ0n) is 19.0. The third-order valence-corrected chi connectivity index (χ3v) is 6.20. The molecule has 1 aromatic heterocycles. The summed E-state index contributed by atoms with van der Waals surface area (Å²) in [6.45, 7) is 3.62. The van der Waals surface area contributed by atoms with Crippen LogP contribution in [-0.2, 0) is 14.3 Å². The lowest BCUT2D eigenvalue weighted by Crippen LogP contribution is -2.41. The molecule has 1 N–H and O–H groups in total. The molecule has 0 bridgehead atoms. The average Bonchev–Trinajstić information content (AvgIpc) is 3.57. The molecule has 0 unspecified atom stereocenters. The van der Waals surface area contributed by atoms with Gasteiger partial charge in [0.1, 0.15) is 11.6 Å². The summed E-state index contributed by atoms with van der Waals surface area (Å²) in [5.74, 6) is 0.919. The Morgan fingerprint density at radius 2 is 1.71 bits per heavy atom. The van der Waals surface area contributed by atoms with Crippen LogP contribution in [0, 0.1) is 0 Å². The van der Waals surface area contributed by atoms with Gasteiger partial charge in [-0.05, 0) is 37.1 Å². The van der Waals surface area contributed by atoms with E-state index >= 15 is 0 Å². The van der Waals surface area contributed by atoms with Gasteiger partial charge >= 0.3 is 0 Å². The fourth-order valence-electron chi connectivity index (χ4n) is 4.33. The van der Waals surface area contributed by atoms with Gasteiger partial charge in [-0.1, -0.05) is 30.3 Å². The Balaban J connectivity index is 1.47. The van der Waals surface area contributed by atoms with Gasteiger partial charge in [-0.25, -0.2) is 4.98 Å². The number of para-hydroxylation sites is 3. The second-order valence-electron chi connectivity index (χ2n) is 8.48. The molecule has 0 atom stereocenters. The number of aromatic nitrogens is 2. The first-order valence-electron chi connectivity index (χ1n) is 11.7. The molecule has 2 aliphatic heterocycles. The van der Waals surface area contributed by atoms with Gasteiger partial charge in [0.15, 0.2) is 6.61 Å². The molecule has 2 saturated heterocycles. The SMILES string of the molecule is O=C(COc1ccccc1/C=C(/C(=O)N1CCOCC1)c1nc2ccccc2[nH]1)N1CCCC1. The van der Waals surface area contributed by atoms with Crippen LogP contribution in [0.2, 0.25) is 0 Å². The molecule has 3 aromatic rings. The maximum atomic E-state index is 13.6. The standard InChI is InChI=1S/C26H28N4O4/c31-24(29-11-5-6-12-29)18-34-23-10-4-1-7-19(23)17-20(26(32)30-13-15-33-16-14-30)25-27-21-8-2-3-9-22(21)28-25/h1-4,7-10,17H,5-6,11-16,18H2,(H,27,28)/b20-17+. The Labute approximate surface area is 198 Å². The van der Waals surface area contributed by atoms with Crippen molar-refractivity contribution in [1.82, 2.24) is 19.8 Å². The molecular weight excluding hydrogens is 432 g/mol. The van der Waals surface area contributed by atoms with Gasteiger partial charge in [0.2, 0.25) is 0 Å². The molecule has 34 heavy (non-hydrogen) atoms. The molecule has 176 valence electrons. The number of carbonyl (C=O) groups excluding carboxylic acids is 2. The molecule has 0 spiro atoms. The van der Waals surface area contributed by atoms with Crippen LogP contribution in [0.15, 0.2) is 48.5 Å². The van der Waals surface area contributed by atoms with Gasteiger partial charge in [-0.2, -0.15) is 0 Å². The minimum atomic E-state index is -0.120. The fraction of sp³-hybridized carbons (Fsp3) is 0.346. The number of hydrogen-bond donors (Lipinski definition) is 1. The third kappa shape index (κ3) is 4.82. The van der Waals surface area contributed by atoms with Crippen molar-refractivity contribution in [2.45, 2.75) is 12.8 Å². The number of H-pyrrole nitrogens is 1. The van der Waals surface area contributed by atoms with Crippen molar-refractivity contribution in [1.29, 1.82) is 0 Å². The highest BCUT2D eigenvalue weighted by Crippen LogP contribution is 2.27. The molecule has 2 fully saturated rings. The maximum Gasteiger partial charge on any atom is 0.260 e. The van der Waals surface area contributed by atoms with Gasteiger partial charge in [-0.3, -0.25) is 9.59 Å². The van der Waals surface area contributed by atoms with E-state index < -0.39 is 0 Å². The number of morpholine rings is 1. The Morgan fingerprint density at radius 3 is 2.50 bits per heavy atom. The number of carbonyl (C=O) groups is 2.